The Kier molecular flexibility index (Phi) is 4.39. The molecule has 150 valence electrons. The number of nitrogens with zero attached hydrogens (tertiary/aromatic N) is 1. The average Bonchev–Trinajstić information content (AvgIpc) is 2.80. The number of hydrogen-bond acceptors (Lipinski definition) is 4. The number of carbonyl (C=O) groups excluding carboxylic acids is 2. The second kappa shape index (κ2) is 7.22. The Morgan fingerprint density at radius 3 is 2.07 bits per heavy atom. The zero-order valence-corrected chi connectivity index (χ0v) is 16.4. The minimum atomic E-state index is -0.779. The molecule has 0 saturated heterocycles. The number of amides is 2. The predicted octanol–water partition coefficient (Wildman–Crippen LogP) is 3.46. The fraction of sp³-hybridized carbons (Fsp3) is 0.167. The van der Waals surface area contributed by atoms with Gasteiger partial charge in [0.25, 0.3) is 5.91 Å². The summed E-state index contributed by atoms with van der Waals surface area (Å²) in [5.74, 6) is 0.915. The first kappa shape index (κ1) is 18.2. The number of carbonyl (C=O) groups is 2. The van der Waals surface area contributed by atoms with E-state index in [1.54, 1.807) is 18.0 Å². The second-order valence-corrected chi connectivity index (χ2v) is 7.25. The minimum absolute atomic E-state index is 0.122. The van der Waals surface area contributed by atoms with Crippen LogP contribution in [0.25, 0.3) is 0 Å². The number of hydrogen-bond donors (Lipinski definition) is 1. The lowest BCUT2D eigenvalue weighted by atomic mass is 9.86. The van der Waals surface area contributed by atoms with Crippen molar-refractivity contribution in [2.75, 3.05) is 18.5 Å². The third-order valence-electron chi connectivity index (χ3n) is 5.51. The first-order valence-electron chi connectivity index (χ1n) is 9.81. The van der Waals surface area contributed by atoms with Crippen LogP contribution >= 0.6 is 0 Å². The summed E-state index contributed by atoms with van der Waals surface area (Å²) in [6.45, 7) is 0.136. The van der Waals surface area contributed by atoms with E-state index in [0.717, 1.165) is 11.1 Å². The van der Waals surface area contributed by atoms with Gasteiger partial charge in [-0.2, -0.15) is 0 Å². The Hall–Kier alpha value is -3.80. The molecule has 0 aliphatic carbocycles. The molecule has 0 radical (unpaired) electrons. The van der Waals surface area contributed by atoms with E-state index in [1.807, 2.05) is 66.7 Å². The van der Waals surface area contributed by atoms with Crippen molar-refractivity contribution in [3.8, 4) is 17.2 Å². The highest BCUT2D eigenvalue weighted by molar-refractivity contribution is 6.03. The van der Waals surface area contributed by atoms with Gasteiger partial charge in [0.05, 0.1) is 18.2 Å². The van der Waals surface area contributed by atoms with Crippen LogP contribution in [0.5, 0.6) is 17.2 Å². The van der Waals surface area contributed by atoms with Crippen molar-refractivity contribution in [2.24, 2.45) is 0 Å². The number of benzene rings is 3. The van der Waals surface area contributed by atoms with E-state index in [1.165, 1.54) is 0 Å². The van der Waals surface area contributed by atoms with Crippen LogP contribution in [-0.2, 0) is 9.59 Å². The van der Waals surface area contributed by atoms with Gasteiger partial charge in [-0.25, -0.2) is 0 Å². The standard InChI is InChI=1S/C24H20N2O4/c1-25-23(27)21-14-26(17-10-4-7-13-20(17)30-21)24(28)22-15-8-2-5-11-18(15)29-19-12-6-3-9-16(19)22/h2-13,21-22H,14H2,1H3,(H,25,27)/t21-/m0/s1. The van der Waals surface area contributed by atoms with Gasteiger partial charge >= 0.3 is 0 Å². The van der Waals surface area contributed by atoms with E-state index in [9.17, 15) is 9.59 Å². The van der Waals surface area contributed by atoms with E-state index in [4.69, 9.17) is 9.47 Å². The van der Waals surface area contributed by atoms with Gasteiger partial charge in [-0.3, -0.25) is 9.59 Å². The molecule has 0 aromatic heterocycles. The molecule has 30 heavy (non-hydrogen) atoms. The Bertz CT molecular complexity index is 1100. The van der Waals surface area contributed by atoms with Crippen molar-refractivity contribution in [1.82, 2.24) is 5.32 Å². The van der Waals surface area contributed by atoms with Crippen molar-refractivity contribution >= 4 is 17.5 Å². The quantitative estimate of drug-likeness (QED) is 0.715. The molecule has 1 N–H and O–H groups in total. The summed E-state index contributed by atoms with van der Waals surface area (Å²) in [5.41, 5.74) is 2.27. The zero-order chi connectivity index (χ0) is 20.7. The highest BCUT2D eigenvalue weighted by Crippen LogP contribution is 2.46. The third kappa shape index (κ3) is 2.88. The number of nitrogens with one attached hydrogen (secondary N) is 1. The molecular formula is C24H20N2O4. The van der Waals surface area contributed by atoms with Crippen molar-refractivity contribution in [3.05, 3.63) is 83.9 Å². The summed E-state index contributed by atoms with van der Waals surface area (Å²) in [6.07, 6.45) is -0.779. The first-order chi connectivity index (χ1) is 14.7. The summed E-state index contributed by atoms with van der Waals surface area (Å²) < 4.78 is 11.9. The fourth-order valence-electron chi connectivity index (χ4n) is 4.07. The molecule has 2 aliphatic heterocycles. The maximum atomic E-state index is 14.0. The van der Waals surface area contributed by atoms with Crippen LogP contribution < -0.4 is 19.7 Å². The largest absolute Gasteiger partial charge is 0.477 e. The molecule has 3 aromatic rings. The summed E-state index contributed by atoms with van der Waals surface area (Å²) in [7, 11) is 1.56. The number of para-hydroxylation sites is 4. The molecule has 0 spiro atoms. The van der Waals surface area contributed by atoms with Crippen LogP contribution in [0.3, 0.4) is 0 Å². The summed E-state index contributed by atoms with van der Waals surface area (Å²) in [5, 5.41) is 2.61. The molecule has 6 heteroatoms. The van der Waals surface area contributed by atoms with Crippen LogP contribution in [0.2, 0.25) is 0 Å². The number of ether oxygens (including phenoxy) is 2. The molecule has 2 amide bonds. The van der Waals surface area contributed by atoms with Crippen molar-refractivity contribution in [3.63, 3.8) is 0 Å². The second-order valence-electron chi connectivity index (χ2n) is 7.25. The molecule has 0 unspecified atom stereocenters. The molecule has 2 heterocycles. The first-order valence-corrected chi connectivity index (χ1v) is 9.81. The maximum Gasteiger partial charge on any atom is 0.262 e. The lowest BCUT2D eigenvalue weighted by Gasteiger charge is -2.37. The van der Waals surface area contributed by atoms with Crippen LogP contribution in [0, 0.1) is 0 Å². The average molecular weight is 400 g/mol. The van der Waals surface area contributed by atoms with Gasteiger partial charge in [0.2, 0.25) is 5.91 Å². The highest BCUT2D eigenvalue weighted by atomic mass is 16.5. The zero-order valence-electron chi connectivity index (χ0n) is 16.4. The fourth-order valence-corrected chi connectivity index (χ4v) is 4.07. The van der Waals surface area contributed by atoms with Crippen molar-refractivity contribution in [2.45, 2.75) is 12.0 Å². The van der Waals surface area contributed by atoms with Crippen LogP contribution in [0.4, 0.5) is 5.69 Å². The number of rotatable bonds is 2. The normalized spacial score (nSPS) is 17.0. The van der Waals surface area contributed by atoms with Crippen molar-refractivity contribution in [1.29, 1.82) is 0 Å². The van der Waals surface area contributed by atoms with E-state index in [-0.39, 0.29) is 18.4 Å². The Balaban J connectivity index is 1.62. The van der Waals surface area contributed by atoms with Gasteiger partial charge in [0.1, 0.15) is 17.2 Å². The van der Waals surface area contributed by atoms with E-state index < -0.39 is 12.0 Å². The minimum Gasteiger partial charge on any atom is -0.477 e. The molecule has 0 saturated carbocycles. The third-order valence-corrected chi connectivity index (χ3v) is 5.51. The van der Waals surface area contributed by atoms with Crippen LogP contribution in [-0.4, -0.2) is 31.5 Å². The van der Waals surface area contributed by atoms with Crippen molar-refractivity contribution < 1.29 is 19.1 Å². The number of anilines is 1. The van der Waals surface area contributed by atoms with Crippen LogP contribution in [0.15, 0.2) is 72.8 Å². The Morgan fingerprint density at radius 1 is 0.867 bits per heavy atom. The van der Waals surface area contributed by atoms with Gasteiger partial charge < -0.3 is 19.7 Å². The van der Waals surface area contributed by atoms with Crippen LogP contribution in [0.1, 0.15) is 17.0 Å². The van der Waals surface area contributed by atoms with E-state index in [0.29, 0.717) is 22.9 Å². The SMILES string of the molecule is CNC(=O)[C@@H]1CN(C(=O)C2c3ccccc3Oc3ccccc32)c2ccccc2O1. The molecular weight excluding hydrogens is 380 g/mol. The van der Waals surface area contributed by atoms with E-state index >= 15 is 0 Å². The lowest BCUT2D eigenvalue weighted by molar-refractivity contribution is -0.128. The molecule has 2 aliphatic rings. The summed E-state index contributed by atoms with van der Waals surface area (Å²) >= 11 is 0. The smallest absolute Gasteiger partial charge is 0.262 e. The topological polar surface area (TPSA) is 67.9 Å². The monoisotopic (exact) mass is 400 g/mol. The van der Waals surface area contributed by atoms with Gasteiger partial charge in [-0.15, -0.1) is 0 Å². The molecule has 5 rings (SSSR count). The molecule has 0 fully saturated rings. The molecule has 3 aromatic carbocycles. The van der Waals surface area contributed by atoms with E-state index in [2.05, 4.69) is 5.32 Å². The molecule has 1 atom stereocenters. The number of likely N-dealkylation sites (N-methyl/N-ethyl adjacent to an activating group) is 1. The Labute approximate surface area is 174 Å². The summed E-state index contributed by atoms with van der Waals surface area (Å²) in [4.78, 5) is 28.0. The highest BCUT2D eigenvalue weighted by Gasteiger charge is 2.40. The molecule has 0 bridgehead atoms. The van der Waals surface area contributed by atoms with Gasteiger partial charge in [-0.1, -0.05) is 48.5 Å². The lowest BCUT2D eigenvalue weighted by Crippen LogP contribution is -2.51. The van der Waals surface area contributed by atoms with Gasteiger partial charge in [0.15, 0.2) is 6.10 Å². The van der Waals surface area contributed by atoms with Gasteiger partial charge in [0, 0.05) is 18.2 Å². The Morgan fingerprint density at radius 2 is 1.43 bits per heavy atom. The summed E-state index contributed by atoms with van der Waals surface area (Å²) in [6, 6.07) is 22.4. The predicted molar refractivity (Wildman–Crippen MR) is 112 cm³/mol. The van der Waals surface area contributed by atoms with Gasteiger partial charge in [-0.05, 0) is 24.3 Å². The maximum absolute atomic E-state index is 14.0. The number of fused-ring (bicyclic) bond motifs is 3. The molecule has 6 nitrogen and oxygen atoms in total.